The minimum absolute atomic E-state index is 0.134. The molecule has 0 radical (unpaired) electrons. The smallest absolute Gasteiger partial charge is 0.314 e. The molecule has 0 saturated carbocycles. The molecule has 0 fully saturated rings. The second-order valence-electron chi connectivity index (χ2n) is 8.48. The van der Waals surface area contributed by atoms with Crippen LogP contribution in [0.4, 0.5) is 0 Å². The number of esters is 1. The van der Waals surface area contributed by atoms with Gasteiger partial charge >= 0.3 is 5.97 Å². The zero-order valence-electron chi connectivity index (χ0n) is 16.7. The molecule has 1 aliphatic carbocycles. The molecule has 1 aliphatic rings. The van der Waals surface area contributed by atoms with Crippen molar-refractivity contribution in [3.8, 4) is 5.75 Å². The number of carbonyl (C=O) groups excluding carboxylic acids is 1. The molecule has 0 bridgehead atoms. The van der Waals surface area contributed by atoms with Gasteiger partial charge in [-0.05, 0) is 69.4 Å². The molecule has 146 valence electrons. The number of fused-ring (bicyclic) bond motifs is 3. The summed E-state index contributed by atoms with van der Waals surface area (Å²) in [5.41, 5.74) is 3.93. The van der Waals surface area contributed by atoms with E-state index in [2.05, 4.69) is 23.2 Å². The summed E-state index contributed by atoms with van der Waals surface area (Å²) in [6.45, 7) is 6.27. The SMILES string of the molecule is CC(C)(C)OC(=O)C1CCCc2[nH]c3ccc(OCc4ccccc4)cc3c21. The van der Waals surface area contributed by atoms with Crippen LogP contribution in [0.25, 0.3) is 10.9 Å². The van der Waals surface area contributed by atoms with E-state index in [1.807, 2.05) is 51.1 Å². The monoisotopic (exact) mass is 377 g/mol. The molecule has 1 N–H and O–H groups in total. The number of aromatic amines is 1. The predicted octanol–water partition coefficient (Wildman–Crippen LogP) is 5.51. The van der Waals surface area contributed by atoms with Gasteiger partial charge in [0, 0.05) is 16.6 Å². The first-order chi connectivity index (χ1) is 13.4. The molecule has 2 aromatic carbocycles. The maximum atomic E-state index is 12.8. The van der Waals surface area contributed by atoms with Gasteiger partial charge in [0.2, 0.25) is 0 Å². The van der Waals surface area contributed by atoms with E-state index in [9.17, 15) is 4.79 Å². The van der Waals surface area contributed by atoms with Gasteiger partial charge in [-0.25, -0.2) is 0 Å². The van der Waals surface area contributed by atoms with Crippen molar-refractivity contribution in [3.63, 3.8) is 0 Å². The summed E-state index contributed by atoms with van der Waals surface area (Å²) in [4.78, 5) is 16.3. The van der Waals surface area contributed by atoms with E-state index < -0.39 is 5.60 Å². The van der Waals surface area contributed by atoms with Gasteiger partial charge in [-0.15, -0.1) is 0 Å². The predicted molar refractivity (Wildman–Crippen MR) is 111 cm³/mol. The van der Waals surface area contributed by atoms with E-state index >= 15 is 0 Å². The number of ether oxygens (including phenoxy) is 2. The number of carbonyl (C=O) groups is 1. The normalized spacial score (nSPS) is 16.6. The van der Waals surface area contributed by atoms with E-state index in [4.69, 9.17) is 9.47 Å². The largest absolute Gasteiger partial charge is 0.489 e. The van der Waals surface area contributed by atoms with Crippen molar-refractivity contribution < 1.29 is 14.3 Å². The highest BCUT2D eigenvalue weighted by molar-refractivity contribution is 5.92. The average Bonchev–Trinajstić information content (AvgIpc) is 3.04. The molecule has 4 rings (SSSR count). The zero-order chi connectivity index (χ0) is 19.7. The molecule has 0 saturated heterocycles. The van der Waals surface area contributed by atoms with Crippen LogP contribution in [0.15, 0.2) is 48.5 Å². The Balaban J connectivity index is 1.64. The second-order valence-corrected chi connectivity index (χ2v) is 8.48. The van der Waals surface area contributed by atoms with Gasteiger partial charge in [-0.2, -0.15) is 0 Å². The molecule has 0 aliphatic heterocycles. The van der Waals surface area contributed by atoms with Crippen LogP contribution in [0.3, 0.4) is 0 Å². The summed E-state index contributed by atoms with van der Waals surface area (Å²) in [6.07, 6.45) is 2.77. The van der Waals surface area contributed by atoms with Crippen molar-refractivity contribution in [1.29, 1.82) is 0 Å². The molecular formula is C24H27NO3. The Hall–Kier alpha value is -2.75. The van der Waals surface area contributed by atoms with Gasteiger partial charge in [-0.3, -0.25) is 4.79 Å². The molecule has 3 aromatic rings. The number of hydrogen-bond donors (Lipinski definition) is 1. The fourth-order valence-corrected chi connectivity index (χ4v) is 3.91. The minimum atomic E-state index is -0.481. The first-order valence-corrected chi connectivity index (χ1v) is 9.95. The maximum absolute atomic E-state index is 12.8. The van der Waals surface area contributed by atoms with Gasteiger partial charge in [0.1, 0.15) is 18.0 Å². The second kappa shape index (κ2) is 7.34. The van der Waals surface area contributed by atoms with E-state index in [-0.39, 0.29) is 11.9 Å². The highest BCUT2D eigenvalue weighted by atomic mass is 16.6. The van der Waals surface area contributed by atoms with Gasteiger partial charge in [0.05, 0.1) is 5.92 Å². The highest BCUT2D eigenvalue weighted by Gasteiger charge is 2.33. The maximum Gasteiger partial charge on any atom is 0.314 e. The van der Waals surface area contributed by atoms with Crippen LogP contribution < -0.4 is 4.74 Å². The summed E-state index contributed by atoms with van der Waals surface area (Å²) in [7, 11) is 0. The Bertz CT molecular complexity index is 982. The van der Waals surface area contributed by atoms with Crippen LogP contribution in [0, 0.1) is 0 Å². The third-order valence-corrected chi connectivity index (χ3v) is 5.10. The molecule has 28 heavy (non-hydrogen) atoms. The lowest BCUT2D eigenvalue weighted by Gasteiger charge is -2.26. The fourth-order valence-electron chi connectivity index (χ4n) is 3.91. The van der Waals surface area contributed by atoms with Crippen LogP contribution in [0.2, 0.25) is 0 Å². The number of benzene rings is 2. The topological polar surface area (TPSA) is 51.3 Å². The molecule has 1 atom stereocenters. The summed E-state index contributed by atoms with van der Waals surface area (Å²) in [5, 5.41) is 1.07. The molecular weight excluding hydrogens is 350 g/mol. The molecule has 1 heterocycles. The molecule has 0 spiro atoms. The van der Waals surface area contributed by atoms with Gasteiger partial charge in [0.15, 0.2) is 0 Å². The van der Waals surface area contributed by atoms with Crippen LogP contribution in [-0.2, 0) is 22.6 Å². The Kier molecular flexibility index (Phi) is 4.88. The Morgan fingerprint density at radius 3 is 2.68 bits per heavy atom. The number of nitrogens with one attached hydrogen (secondary N) is 1. The summed E-state index contributed by atoms with van der Waals surface area (Å²) in [5.74, 6) is 0.456. The molecule has 1 aromatic heterocycles. The lowest BCUT2D eigenvalue weighted by molar-refractivity contribution is -0.157. The first kappa shape index (κ1) is 18.6. The fraction of sp³-hybridized carbons (Fsp3) is 0.375. The standard InChI is InChI=1S/C24H27NO3/c1-24(2,3)28-23(26)18-10-7-11-21-22(18)19-14-17(12-13-20(19)25-21)27-15-16-8-5-4-6-9-16/h4-6,8-9,12-14,18,25H,7,10-11,15H2,1-3H3. The lowest BCUT2D eigenvalue weighted by atomic mass is 9.85. The molecule has 1 unspecified atom stereocenters. The molecule has 4 heteroatoms. The minimum Gasteiger partial charge on any atom is -0.489 e. The van der Waals surface area contributed by atoms with Crippen molar-refractivity contribution in [3.05, 3.63) is 65.4 Å². The molecule has 0 amide bonds. The van der Waals surface area contributed by atoms with Crippen molar-refractivity contribution in [2.45, 2.75) is 58.2 Å². The number of H-pyrrole nitrogens is 1. The Labute approximate surface area is 165 Å². The highest BCUT2D eigenvalue weighted by Crippen LogP contribution is 2.39. The van der Waals surface area contributed by atoms with E-state index in [0.717, 1.165) is 52.7 Å². The summed E-state index contributed by atoms with van der Waals surface area (Å²) >= 11 is 0. The van der Waals surface area contributed by atoms with E-state index in [0.29, 0.717) is 6.61 Å². The van der Waals surface area contributed by atoms with E-state index in [1.54, 1.807) is 0 Å². The lowest BCUT2D eigenvalue weighted by Crippen LogP contribution is -2.29. The van der Waals surface area contributed by atoms with Crippen LogP contribution in [0.1, 0.15) is 56.4 Å². The Morgan fingerprint density at radius 1 is 1.14 bits per heavy atom. The number of rotatable bonds is 4. The Morgan fingerprint density at radius 2 is 1.93 bits per heavy atom. The summed E-state index contributed by atoms with van der Waals surface area (Å²) < 4.78 is 11.7. The van der Waals surface area contributed by atoms with Crippen LogP contribution in [0.5, 0.6) is 5.75 Å². The van der Waals surface area contributed by atoms with Crippen LogP contribution >= 0.6 is 0 Å². The average molecular weight is 377 g/mol. The number of aromatic nitrogens is 1. The van der Waals surface area contributed by atoms with Crippen molar-refractivity contribution in [1.82, 2.24) is 4.98 Å². The van der Waals surface area contributed by atoms with Gasteiger partial charge < -0.3 is 14.5 Å². The quantitative estimate of drug-likeness (QED) is 0.610. The molecule has 4 nitrogen and oxygen atoms in total. The van der Waals surface area contributed by atoms with E-state index in [1.165, 1.54) is 0 Å². The number of aryl methyl sites for hydroxylation is 1. The van der Waals surface area contributed by atoms with Crippen LogP contribution in [-0.4, -0.2) is 16.6 Å². The van der Waals surface area contributed by atoms with Gasteiger partial charge in [0.25, 0.3) is 0 Å². The van der Waals surface area contributed by atoms with Crippen molar-refractivity contribution in [2.24, 2.45) is 0 Å². The third kappa shape index (κ3) is 3.91. The zero-order valence-corrected chi connectivity index (χ0v) is 16.7. The van der Waals surface area contributed by atoms with Crippen molar-refractivity contribution >= 4 is 16.9 Å². The number of hydrogen-bond acceptors (Lipinski definition) is 3. The third-order valence-electron chi connectivity index (χ3n) is 5.10. The van der Waals surface area contributed by atoms with Crippen molar-refractivity contribution in [2.75, 3.05) is 0 Å². The summed E-state index contributed by atoms with van der Waals surface area (Å²) in [6, 6.07) is 16.2. The first-order valence-electron chi connectivity index (χ1n) is 9.95. The van der Waals surface area contributed by atoms with Gasteiger partial charge in [-0.1, -0.05) is 30.3 Å².